The first kappa shape index (κ1) is 16.0. The van der Waals surface area contributed by atoms with Gasteiger partial charge >= 0.3 is 0 Å². The molecule has 0 spiro atoms. The Balaban J connectivity index is -0.0000000275. The largest absolute Gasteiger partial charge is 0.307 e. The molecule has 34 valence electrons. The van der Waals surface area contributed by atoms with Crippen molar-refractivity contribution < 1.29 is 33.4 Å². The number of hydrogen-bond donors (Lipinski definition) is 2. The molecule has 0 aliphatic heterocycles. The zero-order valence-electron chi connectivity index (χ0n) is 3.13. The van der Waals surface area contributed by atoms with E-state index in [-0.39, 0.29) is 31.8 Å². The Hall–Kier alpha value is 0.563. The Morgan fingerprint density at radius 1 is 1.33 bits per heavy atom. The van der Waals surface area contributed by atoms with Gasteiger partial charge in [-0.25, -0.2) is 0 Å². The predicted molar refractivity (Wildman–Crippen MR) is 20.0 cm³/mol. The molecule has 3 nitrogen and oxygen atoms in total. The van der Waals surface area contributed by atoms with Crippen LogP contribution < -0.4 is 0 Å². The van der Waals surface area contributed by atoms with E-state index in [9.17, 15) is 0 Å². The fraction of sp³-hybridized carbons (Fsp3) is 0. The van der Waals surface area contributed by atoms with Crippen molar-refractivity contribution in [3.05, 3.63) is 0 Å². The summed E-state index contributed by atoms with van der Waals surface area (Å²) in [5, 5.41) is 0. The number of hydrogen-bond acceptors (Lipinski definition) is 4. The minimum atomic E-state index is -0.250. The Kier molecular flexibility index (Phi) is 126. The molecular formula is CH4O3SZn. The molecule has 0 bridgehead atoms. The molecule has 0 heterocycles. The van der Waals surface area contributed by atoms with Crippen molar-refractivity contribution in [1.82, 2.24) is 0 Å². The monoisotopic (exact) mass is 160 g/mol. The quantitative estimate of drug-likeness (QED) is 0.401. The third kappa shape index (κ3) is 183. The van der Waals surface area contributed by atoms with Crippen LogP contribution in [0.2, 0.25) is 0 Å². The van der Waals surface area contributed by atoms with Crippen LogP contribution in [0.1, 0.15) is 0 Å². The first-order valence-electron chi connectivity index (χ1n) is 0.654. The normalized spacial score (nSPS) is 3.67. The summed E-state index contributed by atoms with van der Waals surface area (Å²) in [6.45, 7) is 2.00. The molecule has 0 aromatic carbocycles. The second-order valence-corrected chi connectivity index (χ2v) is 0.245. The zero-order valence-corrected chi connectivity index (χ0v) is 6.91. The van der Waals surface area contributed by atoms with E-state index in [1.807, 2.05) is 6.79 Å². The topological polar surface area (TPSA) is 57.5 Å². The van der Waals surface area contributed by atoms with E-state index in [2.05, 4.69) is 0 Å². The van der Waals surface area contributed by atoms with Crippen LogP contribution in [-0.4, -0.2) is 15.9 Å². The van der Waals surface area contributed by atoms with Gasteiger partial charge < -0.3 is 13.9 Å². The molecule has 0 saturated heterocycles. The maximum absolute atomic E-state index is 8.00. The third-order valence-electron chi connectivity index (χ3n) is 0. The average Bonchev–Trinajstić information content (AvgIpc) is 1.46. The van der Waals surface area contributed by atoms with Gasteiger partial charge in [0.25, 0.3) is 0 Å². The molecule has 0 atom stereocenters. The van der Waals surface area contributed by atoms with Gasteiger partial charge in [0, 0.05) is 19.5 Å². The summed E-state index contributed by atoms with van der Waals surface area (Å²) in [6.07, 6.45) is 0. The first-order valence-corrected chi connectivity index (χ1v) is 1.38. The Bertz CT molecular complexity index is 14.8. The van der Waals surface area contributed by atoms with Crippen molar-refractivity contribution in [3.8, 4) is 0 Å². The van der Waals surface area contributed by atoms with Crippen LogP contribution in [0.5, 0.6) is 0 Å². The van der Waals surface area contributed by atoms with E-state index in [4.69, 9.17) is 13.9 Å². The predicted octanol–water partition coefficient (Wildman–Crippen LogP) is 0.478. The molecule has 6 heavy (non-hydrogen) atoms. The summed E-state index contributed by atoms with van der Waals surface area (Å²) < 4.78 is 14.1. The van der Waals surface area contributed by atoms with E-state index in [0.717, 1.165) is 0 Å². The fourth-order valence-electron chi connectivity index (χ4n) is 0. The molecule has 2 N–H and O–H groups in total. The number of carbonyl (C=O) groups excluding carboxylic acids is 1. The molecule has 0 aliphatic rings. The van der Waals surface area contributed by atoms with Crippen molar-refractivity contribution >= 4 is 19.1 Å². The van der Waals surface area contributed by atoms with E-state index in [1.165, 1.54) is 0 Å². The summed E-state index contributed by atoms with van der Waals surface area (Å²) in [6, 6.07) is 0. The smallest absolute Gasteiger partial charge is 0.152 e. The molecule has 0 aromatic heterocycles. The van der Waals surface area contributed by atoms with Crippen LogP contribution in [0.15, 0.2) is 0 Å². The van der Waals surface area contributed by atoms with Gasteiger partial charge in [0.05, 0.1) is 0 Å². The summed E-state index contributed by atoms with van der Waals surface area (Å²) in [4.78, 5) is 8.00. The molecule has 0 saturated carbocycles. The van der Waals surface area contributed by atoms with Crippen molar-refractivity contribution in [2.75, 3.05) is 0 Å². The molecule has 0 radical (unpaired) electrons. The molecule has 0 rings (SSSR count). The third-order valence-corrected chi connectivity index (χ3v) is 0. The summed E-state index contributed by atoms with van der Waals surface area (Å²) in [5.74, 6) is 0. The average molecular weight is 161 g/mol. The number of carbonyl (C=O) groups is 1. The Morgan fingerprint density at radius 3 is 1.33 bits per heavy atom. The van der Waals surface area contributed by atoms with Crippen LogP contribution in [0.25, 0.3) is 0 Å². The SMILES string of the molecule is C=O.OSO.[Zn]. The second-order valence-electron chi connectivity index (χ2n) is 0.0816. The molecule has 0 fully saturated rings. The molecule has 5 heteroatoms. The van der Waals surface area contributed by atoms with Gasteiger partial charge in [-0.2, -0.15) is 0 Å². The second kappa shape index (κ2) is 47.4. The summed E-state index contributed by atoms with van der Waals surface area (Å²) >= 11 is -0.250. The van der Waals surface area contributed by atoms with Gasteiger partial charge in [0.2, 0.25) is 0 Å². The van der Waals surface area contributed by atoms with Gasteiger partial charge in [0.15, 0.2) is 12.3 Å². The van der Waals surface area contributed by atoms with Crippen LogP contribution in [0, 0.1) is 0 Å². The van der Waals surface area contributed by atoms with Crippen LogP contribution in [-0.2, 0) is 24.3 Å². The minimum absolute atomic E-state index is 0. The van der Waals surface area contributed by atoms with E-state index >= 15 is 0 Å². The molecule has 0 aliphatic carbocycles. The Labute approximate surface area is 52.9 Å². The maximum atomic E-state index is 8.00. The van der Waals surface area contributed by atoms with Crippen molar-refractivity contribution in [3.63, 3.8) is 0 Å². The van der Waals surface area contributed by atoms with E-state index in [1.54, 1.807) is 0 Å². The van der Waals surface area contributed by atoms with Gasteiger partial charge in [-0.1, -0.05) is 0 Å². The van der Waals surface area contributed by atoms with E-state index < -0.39 is 0 Å². The van der Waals surface area contributed by atoms with E-state index in [0.29, 0.717) is 0 Å². The summed E-state index contributed by atoms with van der Waals surface area (Å²) in [5.41, 5.74) is 0. The van der Waals surface area contributed by atoms with Crippen LogP contribution in [0.3, 0.4) is 0 Å². The van der Waals surface area contributed by atoms with Crippen LogP contribution >= 0.6 is 12.3 Å². The zero-order chi connectivity index (χ0) is 4.71. The van der Waals surface area contributed by atoms with Gasteiger partial charge in [-0.3, -0.25) is 0 Å². The summed E-state index contributed by atoms with van der Waals surface area (Å²) in [7, 11) is 0. The van der Waals surface area contributed by atoms with Crippen molar-refractivity contribution in [2.24, 2.45) is 0 Å². The number of rotatable bonds is 0. The van der Waals surface area contributed by atoms with Crippen molar-refractivity contribution in [1.29, 1.82) is 0 Å². The fourth-order valence-corrected chi connectivity index (χ4v) is 0. The standard InChI is InChI=1S/CH2O.H2O2S.Zn/c1-2;1-3-2;/h1H2;1-2H;. The van der Waals surface area contributed by atoms with Gasteiger partial charge in [0.1, 0.15) is 6.79 Å². The first-order chi connectivity index (χ1) is 2.41. The molecule has 0 aromatic rings. The van der Waals surface area contributed by atoms with Gasteiger partial charge in [-0.15, -0.1) is 0 Å². The maximum Gasteiger partial charge on any atom is 0.152 e. The minimum Gasteiger partial charge on any atom is -0.307 e. The van der Waals surface area contributed by atoms with Crippen LogP contribution in [0.4, 0.5) is 0 Å². The van der Waals surface area contributed by atoms with Gasteiger partial charge in [-0.05, 0) is 0 Å². The molecule has 0 amide bonds. The molecular weight excluding hydrogens is 157 g/mol. The Morgan fingerprint density at radius 2 is 1.33 bits per heavy atom. The molecule has 0 unspecified atom stereocenters. The van der Waals surface area contributed by atoms with Crippen molar-refractivity contribution in [2.45, 2.75) is 0 Å².